The Bertz CT molecular complexity index is 2320. The molecule has 5 atom stereocenters. The molecule has 4 heterocycles. The molecule has 0 saturated carbocycles. The summed E-state index contributed by atoms with van der Waals surface area (Å²) in [5.41, 5.74) is 3.05. The minimum atomic E-state index is -2.36. The first-order chi connectivity index (χ1) is 25.1. The second kappa shape index (κ2) is 13.0. The molecule has 8 rings (SSSR count). The van der Waals surface area contributed by atoms with E-state index in [1.54, 1.807) is 13.2 Å². The van der Waals surface area contributed by atoms with E-state index in [4.69, 9.17) is 9.47 Å². The van der Waals surface area contributed by atoms with E-state index in [9.17, 15) is 14.7 Å². The molecule has 4 aromatic carbocycles. The Morgan fingerprint density at radius 2 is 1.75 bits per heavy atom. The number of aliphatic hydroxyl groups excluding tert-OH is 1. The van der Waals surface area contributed by atoms with Gasteiger partial charge in [-0.15, -0.1) is 5.10 Å². The monoisotopic (exact) mass is 714 g/mol. The van der Waals surface area contributed by atoms with E-state index < -0.39 is 13.7 Å². The highest BCUT2D eigenvalue weighted by Gasteiger charge is 2.64. The van der Waals surface area contributed by atoms with Crippen molar-refractivity contribution in [3.8, 4) is 11.4 Å². The van der Waals surface area contributed by atoms with Crippen LogP contribution < -0.4 is 20.8 Å². The number of methoxy groups -OCH3 is 1. The van der Waals surface area contributed by atoms with Crippen LogP contribution in [0, 0.1) is 5.92 Å². The summed E-state index contributed by atoms with van der Waals surface area (Å²) in [5, 5.41) is 27.3. The van der Waals surface area contributed by atoms with E-state index in [0.717, 1.165) is 22.4 Å². The van der Waals surface area contributed by atoms with Gasteiger partial charge in [0, 0.05) is 29.9 Å². The Kier molecular flexibility index (Phi) is 8.48. The van der Waals surface area contributed by atoms with Crippen LogP contribution in [0.4, 0.5) is 5.69 Å². The summed E-state index contributed by atoms with van der Waals surface area (Å²) in [6.45, 7) is 7.26. The van der Waals surface area contributed by atoms with Crippen molar-refractivity contribution in [1.29, 1.82) is 0 Å². The number of nitrogens with one attached hydrogen (secondary N) is 2. The molecule has 1 fully saturated rings. The van der Waals surface area contributed by atoms with Gasteiger partial charge in [0.25, 0.3) is 11.5 Å². The minimum absolute atomic E-state index is 0.0227. The Morgan fingerprint density at radius 3 is 2.48 bits per heavy atom. The molecular weight excluding hydrogens is 673 g/mol. The number of nitrogens with zero attached hydrogens (tertiary/aromatic N) is 4. The standard InChI is InChI=1S/C40H42N6O5Si/c1-25-37(52(3,4)29-17-15-28(50-2)16-18-29)36(20-21-45-23-35(42-44-45)31(24-47)26-10-6-5-7-11-26)51-40(25)32-22-27(14-19-34(32)41-39(40)49)46-38(48)30-12-8-9-13-33(30)43-46/h5-19,22-23,25,31,36-37,43,47H,20-21,24H2,1-4H3,(H,41,49)/t25-,31?,36+,37-,40+/m0/s1. The molecule has 52 heavy (non-hydrogen) atoms. The number of hydrogen-bond donors (Lipinski definition) is 3. The summed E-state index contributed by atoms with van der Waals surface area (Å²) in [5.74, 6) is 0.104. The van der Waals surface area contributed by atoms with Gasteiger partial charge in [0.05, 0.1) is 56.1 Å². The average molecular weight is 715 g/mol. The fourth-order valence-electron chi connectivity index (χ4n) is 8.67. The molecular formula is C40H42N6O5Si. The van der Waals surface area contributed by atoms with Gasteiger partial charge in [0.15, 0.2) is 5.60 Å². The number of carbonyl (C=O) groups excluding carboxylic acids is 1. The lowest BCUT2D eigenvalue weighted by atomic mass is 9.82. The number of anilines is 1. The number of aliphatic hydroxyl groups is 1. The van der Waals surface area contributed by atoms with E-state index in [0.29, 0.717) is 35.4 Å². The number of rotatable bonds is 10. The SMILES string of the molecule is COc1ccc([Si](C)(C)[C@@H]2[C@@H](CCn3cc(C(CO)c4ccccc4)nn3)O[C@]3(C(=O)Nc4ccc(-n5[nH]c6ccccc6c5=O)cc43)[C@H]2C)cc1. The maximum atomic E-state index is 14.3. The van der Waals surface area contributed by atoms with Crippen molar-refractivity contribution in [3.05, 3.63) is 130 Å². The van der Waals surface area contributed by atoms with Gasteiger partial charge in [-0.05, 0) is 60.0 Å². The van der Waals surface area contributed by atoms with Gasteiger partial charge < -0.3 is 19.9 Å². The van der Waals surface area contributed by atoms with Crippen molar-refractivity contribution in [2.24, 2.45) is 5.92 Å². The molecule has 12 heteroatoms. The van der Waals surface area contributed by atoms with E-state index in [1.165, 1.54) is 9.87 Å². The normalized spacial score (nSPS) is 21.8. The van der Waals surface area contributed by atoms with Crippen molar-refractivity contribution in [2.75, 3.05) is 19.0 Å². The minimum Gasteiger partial charge on any atom is -0.497 e. The number of H-pyrrole nitrogens is 1. The van der Waals surface area contributed by atoms with Crippen LogP contribution >= 0.6 is 0 Å². The lowest BCUT2D eigenvalue weighted by Gasteiger charge is -2.37. The van der Waals surface area contributed by atoms with Crippen LogP contribution in [0.1, 0.15) is 36.1 Å². The molecule has 1 unspecified atom stereocenters. The molecule has 0 radical (unpaired) electrons. The zero-order valence-electron chi connectivity index (χ0n) is 29.6. The Labute approximate surface area is 302 Å². The molecule has 6 aromatic rings. The summed E-state index contributed by atoms with van der Waals surface area (Å²) < 4.78 is 16.0. The summed E-state index contributed by atoms with van der Waals surface area (Å²) >= 11 is 0. The van der Waals surface area contributed by atoms with E-state index in [-0.39, 0.29) is 41.6 Å². The summed E-state index contributed by atoms with van der Waals surface area (Å²) in [4.78, 5) is 27.8. The summed E-state index contributed by atoms with van der Waals surface area (Å²) in [7, 11) is -0.699. The molecule has 0 aliphatic carbocycles. The molecule has 266 valence electrons. The van der Waals surface area contributed by atoms with Crippen molar-refractivity contribution < 1.29 is 19.4 Å². The van der Waals surface area contributed by atoms with Gasteiger partial charge >= 0.3 is 0 Å². The predicted molar refractivity (Wildman–Crippen MR) is 202 cm³/mol. The number of para-hydroxylation sites is 1. The van der Waals surface area contributed by atoms with E-state index >= 15 is 0 Å². The number of carbonyl (C=O) groups is 1. The molecule has 3 N–H and O–H groups in total. The third kappa shape index (κ3) is 5.40. The number of hydrogen-bond acceptors (Lipinski definition) is 7. The van der Waals surface area contributed by atoms with Gasteiger partial charge in [-0.25, -0.2) is 4.68 Å². The number of benzene rings is 4. The van der Waals surface area contributed by atoms with Crippen LogP contribution in [0.3, 0.4) is 0 Å². The van der Waals surface area contributed by atoms with Crippen molar-refractivity contribution in [1.82, 2.24) is 24.8 Å². The van der Waals surface area contributed by atoms with Crippen molar-refractivity contribution in [3.63, 3.8) is 0 Å². The number of aromatic nitrogens is 5. The molecule has 1 amide bonds. The lowest BCUT2D eigenvalue weighted by molar-refractivity contribution is -0.143. The van der Waals surface area contributed by atoms with Crippen LogP contribution in [-0.2, 0) is 21.7 Å². The maximum absolute atomic E-state index is 14.3. The third-order valence-corrected chi connectivity index (χ3v) is 15.7. The van der Waals surface area contributed by atoms with Gasteiger partial charge in [-0.1, -0.05) is 85.0 Å². The van der Waals surface area contributed by atoms with E-state index in [2.05, 4.69) is 52.9 Å². The fraction of sp³-hybridized carbons (Fsp3) is 0.300. The first kappa shape index (κ1) is 33.8. The second-order valence-electron chi connectivity index (χ2n) is 14.5. The van der Waals surface area contributed by atoms with Gasteiger partial charge in [0.2, 0.25) is 0 Å². The highest BCUT2D eigenvalue weighted by molar-refractivity contribution is 6.91. The zero-order chi connectivity index (χ0) is 36.2. The predicted octanol–water partition coefficient (Wildman–Crippen LogP) is 5.30. The number of amides is 1. The molecule has 2 aromatic heterocycles. The van der Waals surface area contributed by atoms with Crippen molar-refractivity contribution in [2.45, 2.75) is 56.1 Å². The number of aryl methyl sites for hydroxylation is 1. The molecule has 0 bridgehead atoms. The first-order valence-electron chi connectivity index (χ1n) is 17.7. The van der Waals surface area contributed by atoms with E-state index in [1.807, 2.05) is 89.7 Å². The number of fused-ring (bicyclic) bond motifs is 3. The lowest BCUT2D eigenvalue weighted by Crippen LogP contribution is -2.51. The molecule has 2 aliphatic rings. The molecule has 11 nitrogen and oxygen atoms in total. The van der Waals surface area contributed by atoms with Crippen LogP contribution in [0.15, 0.2) is 108 Å². The summed E-state index contributed by atoms with van der Waals surface area (Å²) in [6, 6.07) is 31.1. The second-order valence-corrected chi connectivity index (χ2v) is 19.2. The Hall–Kier alpha value is -5.30. The van der Waals surface area contributed by atoms with Crippen LogP contribution in [0.25, 0.3) is 16.6 Å². The quantitative estimate of drug-likeness (QED) is 0.164. The topological polar surface area (TPSA) is 136 Å². The number of ether oxygens (including phenoxy) is 2. The van der Waals surface area contributed by atoms with Crippen molar-refractivity contribution >= 4 is 35.8 Å². The average Bonchev–Trinajstić information content (AvgIpc) is 3.92. The number of aromatic amines is 1. The van der Waals surface area contributed by atoms with Gasteiger partial charge in [-0.3, -0.25) is 19.4 Å². The maximum Gasteiger partial charge on any atom is 0.279 e. The Balaban J connectivity index is 1.17. The van der Waals surface area contributed by atoms with Gasteiger partial charge in [-0.2, -0.15) is 0 Å². The van der Waals surface area contributed by atoms with Crippen LogP contribution in [0.5, 0.6) is 5.75 Å². The largest absolute Gasteiger partial charge is 0.497 e. The fourth-order valence-corrected chi connectivity index (χ4v) is 12.7. The zero-order valence-corrected chi connectivity index (χ0v) is 30.6. The van der Waals surface area contributed by atoms with Crippen LogP contribution in [-0.4, -0.2) is 63.7 Å². The molecule has 1 spiro atoms. The Morgan fingerprint density at radius 1 is 1.00 bits per heavy atom. The molecule has 1 saturated heterocycles. The highest BCUT2D eigenvalue weighted by atomic mass is 28.3. The smallest absolute Gasteiger partial charge is 0.279 e. The first-order valence-corrected chi connectivity index (χ1v) is 20.8. The highest BCUT2D eigenvalue weighted by Crippen LogP contribution is 2.58. The van der Waals surface area contributed by atoms with Crippen LogP contribution in [0.2, 0.25) is 18.6 Å². The molecule has 2 aliphatic heterocycles. The van der Waals surface area contributed by atoms with Gasteiger partial charge in [0.1, 0.15) is 5.75 Å². The summed E-state index contributed by atoms with van der Waals surface area (Å²) in [6.07, 6.45) is 2.18. The third-order valence-electron chi connectivity index (χ3n) is 11.4.